The standard InChI is InChI=1S/C24H22N4O5S/c1-33-22-11-6-5-10-19(22)27-34(31,32)18-12-13-21(29)20(16-18)26-24(30)23(28-15-7-14-25-28)17-8-3-2-4-9-17/h2-16,23,27,29H,1H3,(H,26,30). The zero-order valence-corrected chi connectivity index (χ0v) is 18.9. The highest BCUT2D eigenvalue weighted by Crippen LogP contribution is 2.31. The number of phenolic OH excluding ortho intramolecular Hbond substituents is 1. The summed E-state index contributed by atoms with van der Waals surface area (Å²) in [7, 11) is -2.61. The number of aromatic hydroxyl groups is 1. The maximum atomic E-state index is 13.2. The number of methoxy groups -OCH3 is 1. The number of phenols is 1. The highest BCUT2D eigenvalue weighted by molar-refractivity contribution is 7.92. The molecule has 34 heavy (non-hydrogen) atoms. The first-order valence-corrected chi connectivity index (χ1v) is 11.7. The SMILES string of the molecule is COc1ccccc1NS(=O)(=O)c1ccc(O)c(NC(=O)C(c2ccccc2)n2cccn2)c1. The number of sulfonamides is 1. The molecule has 0 saturated heterocycles. The number of para-hydroxylation sites is 2. The Balaban J connectivity index is 1.63. The molecule has 0 aliphatic heterocycles. The number of amides is 1. The molecule has 9 nitrogen and oxygen atoms in total. The molecule has 4 aromatic rings. The van der Waals surface area contributed by atoms with Gasteiger partial charge in [0.05, 0.1) is 23.4 Å². The minimum atomic E-state index is -4.05. The molecule has 1 heterocycles. The van der Waals surface area contributed by atoms with Gasteiger partial charge in [-0.05, 0) is 42.0 Å². The molecule has 1 amide bonds. The van der Waals surface area contributed by atoms with E-state index in [2.05, 4.69) is 15.1 Å². The van der Waals surface area contributed by atoms with Gasteiger partial charge in [0, 0.05) is 12.4 Å². The monoisotopic (exact) mass is 478 g/mol. The van der Waals surface area contributed by atoms with Crippen LogP contribution in [0.5, 0.6) is 11.5 Å². The lowest BCUT2D eigenvalue weighted by Crippen LogP contribution is -2.27. The number of ether oxygens (including phenoxy) is 1. The quantitative estimate of drug-likeness (QED) is 0.333. The topological polar surface area (TPSA) is 123 Å². The third kappa shape index (κ3) is 4.86. The molecule has 0 radical (unpaired) electrons. The van der Waals surface area contributed by atoms with Crippen LogP contribution < -0.4 is 14.8 Å². The van der Waals surface area contributed by atoms with Crippen LogP contribution in [0, 0.1) is 0 Å². The summed E-state index contributed by atoms with van der Waals surface area (Å²) in [6.45, 7) is 0. The van der Waals surface area contributed by atoms with Crippen LogP contribution in [-0.2, 0) is 14.8 Å². The summed E-state index contributed by atoms with van der Waals surface area (Å²) in [5, 5.41) is 17.1. The number of hydrogen-bond acceptors (Lipinski definition) is 6. The fourth-order valence-corrected chi connectivity index (χ4v) is 4.51. The number of anilines is 2. The van der Waals surface area contributed by atoms with Gasteiger partial charge < -0.3 is 15.2 Å². The van der Waals surface area contributed by atoms with E-state index in [-0.39, 0.29) is 22.0 Å². The van der Waals surface area contributed by atoms with Crippen LogP contribution in [0.4, 0.5) is 11.4 Å². The van der Waals surface area contributed by atoms with Crippen molar-refractivity contribution < 1.29 is 23.1 Å². The summed E-state index contributed by atoms with van der Waals surface area (Å²) in [5.74, 6) is -0.433. The van der Waals surface area contributed by atoms with Gasteiger partial charge >= 0.3 is 0 Å². The average molecular weight is 479 g/mol. The summed E-state index contributed by atoms with van der Waals surface area (Å²) >= 11 is 0. The van der Waals surface area contributed by atoms with Crippen LogP contribution in [0.3, 0.4) is 0 Å². The normalized spacial score (nSPS) is 12.0. The highest BCUT2D eigenvalue weighted by atomic mass is 32.2. The molecular weight excluding hydrogens is 456 g/mol. The van der Waals surface area contributed by atoms with Crippen LogP contribution in [0.1, 0.15) is 11.6 Å². The van der Waals surface area contributed by atoms with Gasteiger partial charge in [-0.1, -0.05) is 42.5 Å². The number of benzene rings is 3. The van der Waals surface area contributed by atoms with Crippen molar-refractivity contribution in [2.75, 3.05) is 17.1 Å². The van der Waals surface area contributed by atoms with Crippen molar-refractivity contribution in [1.29, 1.82) is 0 Å². The van der Waals surface area contributed by atoms with Crippen molar-refractivity contribution in [2.45, 2.75) is 10.9 Å². The second kappa shape index (κ2) is 9.67. The Morgan fingerprint density at radius 2 is 1.74 bits per heavy atom. The summed E-state index contributed by atoms with van der Waals surface area (Å²) < 4.78 is 35.1. The second-order valence-electron chi connectivity index (χ2n) is 7.27. The van der Waals surface area contributed by atoms with Gasteiger partial charge in [-0.15, -0.1) is 0 Å². The summed E-state index contributed by atoms with van der Waals surface area (Å²) in [5.41, 5.74) is 0.872. The molecule has 3 aromatic carbocycles. The van der Waals surface area contributed by atoms with Gasteiger partial charge in [0.25, 0.3) is 15.9 Å². The Morgan fingerprint density at radius 1 is 1.00 bits per heavy atom. The molecular formula is C24H22N4O5S. The van der Waals surface area contributed by atoms with Gasteiger partial charge in [-0.2, -0.15) is 5.10 Å². The van der Waals surface area contributed by atoms with Crippen LogP contribution >= 0.6 is 0 Å². The predicted molar refractivity (Wildman–Crippen MR) is 127 cm³/mol. The molecule has 0 saturated carbocycles. The first-order valence-electron chi connectivity index (χ1n) is 10.2. The molecule has 1 aromatic heterocycles. The van der Waals surface area contributed by atoms with E-state index in [1.54, 1.807) is 67.0 Å². The van der Waals surface area contributed by atoms with Crippen LogP contribution in [-0.4, -0.2) is 36.3 Å². The summed E-state index contributed by atoms with van der Waals surface area (Å²) in [6.07, 6.45) is 3.20. The third-order valence-electron chi connectivity index (χ3n) is 5.04. The van der Waals surface area contributed by atoms with Crippen molar-refractivity contribution >= 4 is 27.3 Å². The van der Waals surface area contributed by atoms with Gasteiger partial charge in [0.1, 0.15) is 11.5 Å². The van der Waals surface area contributed by atoms with E-state index in [4.69, 9.17) is 4.74 Å². The number of carbonyl (C=O) groups excluding carboxylic acids is 1. The molecule has 10 heteroatoms. The molecule has 0 fully saturated rings. The molecule has 4 rings (SSSR count). The minimum Gasteiger partial charge on any atom is -0.506 e. The molecule has 0 aliphatic rings. The molecule has 3 N–H and O–H groups in total. The number of rotatable bonds is 8. The number of hydrogen-bond donors (Lipinski definition) is 3. The second-order valence-corrected chi connectivity index (χ2v) is 8.96. The van der Waals surface area contributed by atoms with E-state index in [0.29, 0.717) is 11.3 Å². The lowest BCUT2D eigenvalue weighted by atomic mass is 10.1. The van der Waals surface area contributed by atoms with E-state index >= 15 is 0 Å². The molecule has 0 spiro atoms. The Hall–Kier alpha value is -4.31. The van der Waals surface area contributed by atoms with E-state index in [0.717, 1.165) is 0 Å². The van der Waals surface area contributed by atoms with Gasteiger partial charge in [-0.3, -0.25) is 14.2 Å². The number of nitrogens with zero attached hydrogens (tertiary/aromatic N) is 2. The third-order valence-corrected chi connectivity index (χ3v) is 6.40. The Labute approximate surface area is 196 Å². The summed E-state index contributed by atoms with van der Waals surface area (Å²) in [4.78, 5) is 13.1. The van der Waals surface area contributed by atoms with Crippen LogP contribution in [0.15, 0.2) is 96.2 Å². The van der Waals surface area contributed by atoms with E-state index in [1.807, 2.05) is 6.07 Å². The number of carbonyl (C=O) groups is 1. The number of aromatic nitrogens is 2. The van der Waals surface area contributed by atoms with Crippen molar-refractivity contribution in [1.82, 2.24) is 9.78 Å². The zero-order chi connectivity index (χ0) is 24.1. The Bertz CT molecular complexity index is 1390. The highest BCUT2D eigenvalue weighted by Gasteiger charge is 2.25. The van der Waals surface area contributed by atoms with Crippen molar-refractivity contribution in [3.63, 3.8) is 0 Å². The van der Waals surface area contributed by atoms with Gasteiger partial charge in [0.15, 0.2) is 6.04 Å². The first-order chi connectivity index (χ1) is 16.4. The Kier molecular flexibility index (Phi) is 6.51. The minimum absolute atomic E-state index is 0.0546. The largest absolute Gasteiger partial charge is 0.506 e. The van der Waals surface area contributed by atoms with Crippen LogP contribution in [0.25, 0.3) is 0 Å². The fourth-order valence-electron chi connectivity index (χ4n) is 3.41. The molecule has 1 unspecified atom stereocenters. The zero-order valence-electron chi connectivity index (χ0n) is 18.1. The maximum absolute atomic E-state index is 13.2. The Morgan fingerprint density at radius 3 is 2.44 bits per heavy atom. The molecule has 0 aliphatic carbocycles. The first kappa shape index (κ1) is 22.9. The van der Waals surface area contributed by atoms with Crippen molar-refractivity contribution in [3.05, 3.63) is 96.8 Å². The summed E-state index contributed by atoms with van der Waals surface area (Å²) in [6, 6.07) is 20.1. The van der Waals surface area contributed by atoms with E-state index in [1.165, 1.54) is 30.0 Å². The van der Waals surface area contributed by atoms with E-state index in [9.17, 15) is 18.3 Å². The van der Waals surface area contributed by atoms with Gasteiger partial charge in [-0.25, -0.2) is 8.42 Å². The fraction of sp³-hybridized carbons (Fsp3) is 0.0833. The predicted octanol–water partition coefficient (Wildman–Crippen LogP) is 3.63. The smallest absolute Gasteiger partial charge is 0.262 e. The lowest BCUT2D eigenvalue weighted by Gasteiger charge is -2.19. The maximum Gasteiger partial charge on any atom is 0.262 e. The van der Waals surface area contributed by atoms with Crippen LogP contribution in [0.2, 0.25) is 0 Å². The van der Waals surface area contributed by atoms with E-state index < -0.39 is 22.0 Å². The van der Waals surface area contributed by atoms with Crippen molar-refractivity contribution in [2.24, 2.45) is 0 Å². The lowest BCUT2D eigenvalue weighted by molar-refractivity contribution is -0.118. The molecule has 0 bridgehead atoms. The molecule has 1 atom stereocenters. The average Bonchev–Trinajstić information content (AvgIpc) is 3.35. The molecule has 174 valence electrons. The van der Waals surface area contributed by atoms with Gasteiger partial charge in [0.2, 0.25) is 0 Å². The number of nitrogens with one attached hydrogen (secondary N) is 2. The van der Waals surface area contributed by atoms with Crippen molar-refractivity contribution in [3.8, 4) is 11.5 Å².